The summed E-state index contributed by atoms with van der Waals surface area (Å²) < 4.78 is 1.99. The number of anilines is 1. The van der Waals surface area contributed by atoms with Crippen LogP contribution >= 0.6 is 11.3 Å². The van der Waals surface area contributed by atoms with Gasteiger partial charge in [-0.25, -0.2) is 4.99 Å². The standard InChI is InChI=1S/C10H11N3S/c1-13-6-7-14-10(13)12-9-4-2-8(11)3-5-9/h2-7H,11H2,1H3. The molecule has 2 rings (SSSR count). The van der Waals surface area contributed by atoms with Gasteiger partial charge in [-0.05, 0) is 24.3 Å². The van der Waals surface area contributed by atoms with Crippen molar-refractivity contribution in [3.05, 3.63) is 40.6 Å². The maximum absolute atomic E-state index is 5.59. The summed E-state index contributed by atoms with van der Waals surface area (Å²) in [6.45, 7) is 0. The van der Waals surface area contributed by atoms with E-state index in [9.17, 15) is 0 Å². The van der Waals surface area contributed by atoms with Gasteiger partial charge in [0.05, 0.1) is 5.69 Å². The second kappa shape index (κ2) is 3.67. The lowest BCUT2D eigenvalue weighted by molar-refractivity contribution is 0.874. The first kappa shape index (κ1) is 9.02. The van der Waals surface area contributed by atoms with E-state index < -0.39 is 0 Å². The van der Waals surface area contributed by atoms with E-state index in [1.807, 2.05) is 47.5 Å². The minimum Gasteiger partial charge on any atom is -0.399 e. The lowest BCUT2D eigenvalue weighted by atomic mass is 10.3. The van der Waals surface area contributed by atoms with Crippen LogP contribution in [0.4, 0.5) is 11.4 Å². The summed E-state index contributed by atoms with van der Waals surface area (Å²) in [5.41, 5.74) is 7.28. The molecule has 14 heavy (non-hydrogen) atoms. The first-order valence-electron chi connectivity index (χ1n) is 4.26. The number of hydrogen-bond acceptors (Lipinski definition) is 3. The molecule has 3 nitrogen and oxygen atoms in total. The highest BCUT2D eigenvalue weighted by molar-refractivity contribution is 7.07. The van der Waals surface area contributed by atoms with Crippen LogP contribution in [-0.2, 0) is 7.05 Å². The van der Waals surface area contributed by atoms with Gasteiger partial charge in [-0.2, -0.15) is 0 Å². The SMILES string of the molecule is Cn1ccsc1=Nc1ccc(N)cc1. The smallest absolute Gasteiger partial charge is 0.189 e. The van der Waals surface area contributed by atoms with Crippen molar-refractivity contribution in [2.24, 2.45) is 12.0 Å². The summed E-state index contributed by atoms with van der Waals surface area (Å²) in [4.78, 5) is 5.45. The highest BCUT2D eigenvalue weighted by Gasteiger charge is 1.91. The summed E-state index contributed by atoms with van der Waals surface area (Å²) in [6, 6.07) is 7.53. The summed E-state index contributed by atoms with van der Waals surface area (Å²) in [5.74, 6) is 0. The second-order valence-electron chi connectivity index (χ2n) is 3.00. The molecule has 0 saturated carbocycles. The fraction of sp³-hybridized carbons (Fsp3) is 0.100. The van der Waals surface area contributed by atoms with Gasteiger partial charge in [-0.3, -0.25) is 0 Å². The lowest BCUT2D eigenvalue weighted by Gasteiger charge is -1.94. The van der Waals surface area contributed by atoms with E-state index in [0.29, 0.717) is 0 Å². The van der Waals surface area contributed by atoms with Crippen molar-refractivity contribution in [3.63, 3.8) is 0 Å². The number of nitrogens with two attached hydrogens (primary N) is 1. The van der Waals surface area contributed by atoms with Gasteiger partial charge in [0.25, 0.3) is 0 Å². The zero-order valence-electron chi connectivity index (χ0n) is 7.84. The molecule has 0 spiro atoms. The molecule has 2 N–H and O–H groups in total. The predicted molar refractivity (Wildman–Crippen MR) is 59.4 cm³/mol. The van der Waals surface area contributed by atoms with Crippen LogP contribution in [0.25, 0.3) is 0 Å². The average Bonchev–Trinajstić information content (AvgIpc) is 2.56. The van der Waals surface area contributed by atoms with Gasteiger partial charge in [0.2, 0.25) is 0 Å². The van der Waals surface area contributed by atoms with Crippen LogP contribution in [0.15, 0.2) is 40.8 Å². The van der Waals surface area contributed by atoms with Crippen molar-refractivity contribution in [1.29, 1.82) is 0 Å². The molecule has 1 aromatic carbocycles. The fourth-order valence-corrected chi connectivity index (χ4v) is 1.84. The molecule has 72 valence electrons. The molecule has 0 bridgehead atoms. The molecule has 0 saturated heterocycles. The van der Waals surface area contributed by atoms with Gasteiger partial charge >= 0.3 is 0 Å². The molecule has 0 atom stereocenters. The van der Waals surface area contributed by atoms with Crippen molar-refractivity contribution in [1.82, 2.24) is 4.57 Å². The topological polar surface area (TPSA) is 43.3 Å². The van der Waals surface area contributed by atoms with Crippen LogP contribution in [0.5, 0.6) is 0 Å². The number of hydrogen-bond donors (Lipinski definition) is 1. The number of thiazole rings is 1. The highest BCUT2D eigenvalue weighted by Crippen LogP contribution is 2.13. The molecule has 0 aliphatic carbocycles. The highest BCUT2D eigenvalue weighted by atomic mass is 32.1. The van der Waals surface area contributed by atoms with Crippen molar-refractivity contribution in [2.45, 2.75) is 0 Å². The maximum Gasteiger partial charge on any atom is 0.189 e. The zero-order valence-corrected chi connectivity index (χ0v) is 8.66. The molecule has 4 heteroatoms. The fourth-order valence-electron chi connectivity index (χ4n) is 1.09. The van der Waals surface area contributed by atoms with E-state index in [1.54, 1.807) is 11.3 Å². The van der Waals surface area contributed by atoms with Gasteiger partial charge in [0.15, 0.2) is 4.80 Å². The largest absolute Gasteiger partial charge is 0.399 e. The summed E-state index contributed by atoms with van der Waals surface area (Å²) in [5, 5.41) is 2.01. The van der Waals surface area contributed by atoms with Crippen LogP contribution in [-0.4, -0.2) is 4.57 Å². The molecule has 2 aromatic rings. The minimum absolute atomic E-state index is 0.763. The van der Waals surface area contributed by atoms with E-state index in [-0.39, 0.29) is 0 Å². The number of aryl methyl sites for hydroxylation is 1. The van der Waals surface area contributed by atoms with Gasteiger partial charge in [-0.1, -0.05) is 0 Å². The minimum atomic E-state index is 0.763. The van der Waals surface area contributed by atoms with Crippen molar-refractivity contribution in [3.8, 4) is 0 Å². The Morgan fingerprint density at radius 1 is 1.29 bits per heavy atom. The Labute approximate surface area is 86.2 Å². The van der Waals surface area contributed by atoms with E-state index in [2.05, 4.69) is 4.99 Å². The Hall–Kier alpha value is -1.55. The normalized spacial score (nSPS) is 11.9. The third-order valence-electron chi connectivity index (χ3n) is 1.88. The summed E-state index contributed by atoms with van der Waals surface area (Å²) in [6.07, 6.45) is 1.99. The van der Waals surface area contributed by atoms with Crippen LogP contribution in [0.2, 0.25) is 0 Å². The molecular formula is C10H11N3S. The van der Waals surface area contributed by atoms with Gasteiger partial charge in [0, 0.05) is 24.3 Å². The third kappa shape index (κ3) is 1.85. The molecule has 0 aliphatic heterocycles. The van der Waals surface area contributed by atoms with Gasteiger partial charge in [-0.15, -0.1) is 11.3 Å². The Morgan fingerprint density at radius 2 is 2.00 bits per heavy atom. The number of nitrogen functional groups attached to an aromatic ring is 1. The average molecular weight is 205 g/mol. The Bertz CT molecular complexity index is 479. The predicted octanol–water partition coefficient (Wildman–Crippen LogP) is 1.90. The Kier molecular flexibility index (Phi) is 2.37. The number of benzene rings is 1. The molecular weight excluding hydrogens is 194 g/mol. The molecule has 0 amide bonds. The number of rotatable bonds is 1. The van der Waals surface area contributed by atoms with E-state index in [1.165, 1.54) is 0 Å². The van der Waals surface area contributed by atoms with Crippen molar-refractivity contribution in [2.75, 3.05) is 5.73 Å². The lowest BCUT2D eigenvalue weighted by Crippen LogP contribution is -2.07. The van der Waals surface area contributed by atoms with Crippen molar-refractivity contribution >= 4 is 22.7 Å². The van der Waals surface area contributed by atoms with Crippen LogP contribution in [0.3, 0.4) is 0 Å². The first-order valence-corrected chi connectivity index (χ1v) is 5.14. The van der Waals surface area contributed by atoms with Crippen LogP contribution in [0.1, 0.15) is 0 Å². The van der Waals surface area contributed by atoms with E-state index in [0.717, 1.165) is 16.2 Å². The molecule has 0 unspecified atom stereocenters. The zero-order chi connectivity index (χ0) is 9.97. The maximum atomic E-state index is 5.59. The Morgan fingerprint density at radius 3 is 2.57 bits per heavy atom. The monoisotopic (exact) mass is 205 g/mol. The first-order chi connectivity index (χ1) is 6.75. The third-order valence-corrected chi connectivity index (χ3v) is 2.73. The van der Waals surface area contributed by atoms with Crippen LogP contribution in [0, 0.1) is 0 Å². The number of nitrogens with zero attached hydrogens (tertiary/aromatic N) is 2. The van der Waals surface area contributed by atoms with Crippen molar-refractivity contribution < 1.29 is 0 Å². The number of aromatic nitrogens is 1. The quantitative estimate of drug-likeness (QED) is 0.710. The van der Waals surface area contributed by atoms with E-state index in [4.69, 9.17) is 5.73 Å². The molecule has 0 fully saturated rings. The molecule has 0 radical (unpaired) electrons. The molecule has 1 aromatic heterocycles. The molecule has 1 heterocycles. The Balaban J connectivity index is 2.44. The van der Waals surface area contributed by atoms with E-state index >= 15 is 0 Å². The van der Waals surface area contributed by atoms with Crippen LogP contribution < -0.4 is 10.5 Å². The summed E-state index contributed by atoms with van der Waals surface area (Å²) >= 11 is 1.61. The molecule has 0 aliphatic rings. The van der Waals surface area contributed by atoms with Gasteiger partial charge < -0.3 is 10.3 Å². The summed E-state index contributed by atoms with van der Waals surface area (Å²) in [7, 11) is 1.98. The second-order valence-corrected chi connectivity index (χ2v) is 3.87. The van der Waals surface area contributed by atoms with Gasteiger partial charge in [0.1, 0.15) is 0 Å².